The minimum absolute atomic E-state index is 0.0309. The first kappa shape index (κ1) is 22.4. The number of rotatable bonds is 6. The molecular formula is C23H29N5O3S. The lowest BCUT2D eigenvalue weighted by Gasteiger charge is -2.33. The predicted octanol–water partition coefficient (Wildman–Crippen LogP) is 2.42. The van der Waals surface area contributed by atoms with Crippen LogP contribution >= 0.6 is 0 Å². The summed E-state index contributed by atoms with van der Waals surface area (Å²) >= 11 is 0. The summed E-state index contributed by atoms with van der Waals surface area (Å²) in [5.74, 6) is -0.307. The van der Waals surface area contributed by atoms with Crippen LogP contribution in [0.15, 0.2) is 47.7 Å². The Labute approximate surface area is 188 Å². The van der Waals surface area contributed by atoms with E-state index >= 15 is 0 Å². The van der Waals surface area contributed by atoms with E-state index in [9.17, 15) is 13.2 Å². The van der Waals surface area contributed by atoms with Gasteiger partial charge in [-0.25, -0.2) is 18.1 Å². The SMILES string of the molecule is CC(C)n1cnc2c(c1=O)[C@@H](Cc1cccc(-c3ccn(C)n3)c1)[C@@H](NS(C)(=O)=O)CC2. The molecule has 0 saturated heterocycles. The summed E-state index contributed by atoms with van der Waals surface area (Å²) in [6, 6.07) is 9.60. The number of fused-ring (bicyclic) bond motifs is 1. The third kappa shape index (κ3) is 4.68. The molecule has 3 aromatic rings. The second kappa shape index (κ2) is 8.63. The smallest absolute Gasteiger partial charge is 0.257 e. The van der Waals surface area contributed by atoms with Gasteiger partial charge in [-0.2, -0.15) is 5.10 Å². The molecule has 8 nitrogen and oxygen atoms in total. The molecule has 9 heteroatoms. The highest BCUT2D eigenvalue weighted by molar-refractivity contribution is 7.88. The van der Waals surface area contributed by atoms with Crippen LogP contribution in [-0.4, -0.2) is 40.0 Å². The lowest BCUT2D eigenvalue weighted by Crippen LogP contribution is -2.45. The molecule has 170 valence electrons. The van der Waals surface area contributed by atoms with Gasteiger partial charge < -0.3 is 0 Å². The molecule has 1 aromatic carbocycles. The maximum atomic E-state index is 13.4. The largest absolute Gasteiger partial charge is 0.296 e. The number of benzene rings is 1. The highest BCUT2D eigenvalue weighted by Crippen LogP contribution is 2.33. The van der Waals surface area contributed by atoms with Crippen LogP contribution in [0.5, 0.6) is 0 Å². The Balaban J connectivity index is 1.77. The summed E-state index contributed by atoms with van der Waals surface area (Å²) in [4.78, 5) is 18.0. The summed E-state index contributed by atoms with van der Waals surface area (Å²) in [5, 5.41) is 4.48. The molecule has 4 rings (SSSR count). The van der Waals surface area contributed by atoms with Crippen LogP contribution in [0.2, 0.25) is 0 Å². The van der Waals surface area contributed by atoms with Crippen molar-refractivity contribution in [2.24, 2.45) is 7.05 Å². The maximum Gasteiger partial charge on any atom is 0.257 e. The molecule has 1 N–H and O–H groups in total. The van der Waals surface area contributed by atoms with Crippen molar-refractivity contribution in [1.82, 2.24) is 24.1 Å². The second-order valence-corrected chi connectivity index (χ2v) is 10.6. The zero-order chi connectivity index (χ0) is 23.0. The zero-order valence-corrected chi connectivity index (χ0v) is 19.6. The molecule has 0 fully saturated rings. The van der Waals surface area contributed by atoms with Gasteiger partial charge >= 0.3 is 0 Å². The number of sulfonamides is 1. The van der Waals surface area contributed by atoms with Crippen LogP contribution in [0.4, 0.5) is 0 Å². The van der Waals surface area contributed by atoms with Gasteiger partial charge in [0.2, 0.25) is 10.0 Å². The van der Waals surface area contributed by atoms with Crippen molar-refractivity contribution >= 4 is 10.0 Å². The third-order valence-electron chi connectivity index (χ3n) is 5.98. The van der Waals surface area contributed by atoms with Gasteiger partial charge in [0.1, 0.15) is 0 Å². The Morgan fingerprint density at radius 2 is 2.03 bits per heavy atom. The highest BCUT2D eigenvalue weighted by Gasteiger charge is 2.35. The van der Waals surface area contributed by atoms with Gasteiger partial charge in [-0.3, -0.25) is 14.0 Å². The van der Waals surface area contributed by atoms with Gasteiger partial charge in [-0.1, -0.05) is 18.2 Å². The molecule has 2 aromatic heterocycles. The molecular weight excluding hydrogens is 426 g/mol. The molecule has 0 aliphatic heterocycles. The van der Waals surface area contributed by atoms with E-state index in [0.29, 0.717) is 24.8 Å². The van der Waals surface area contributed by atoms with Gasteiger partial charge in [0.25, 0.3) is 5.56 Å². The van der Waals surface area contributed by atoms with Crippen LogP contribution in [0.1, 0.15) is 49.0 Å². The highest BCUT2D eigenvalue weighted by atomic mass is 32.2. The number of hydrogen-bond donors (Lipinski definition) is 1. The molecule has 0 unspecified atom stereocenters. The topological polar surface area (TPSA) is 98.9 Å². The molecule has 0 radical (unpaired) electrons. The summed E-state index contributed by atoms with van der Waals surface area (Å²) in [6.45, 7) is 3.88. The van der Waals surface area contributed by atoms with Crippen LogP contribution in [0.3, 0.4) is 0 Å². The van der Waals surface area contributed by atoms with Crippen LogP contribution in [0, 0.1) is 0 Å². The molecule has 0 spiro atoms. The fourth-order valence-electron chi connectivity index (χ4n) is 4.49. The lowest BCUT2D eigenvalue weighted by molar-refractivity contribution is 0.413. The number of aryl methyl sites for hydroxylation is 2. The van der Waals surface area contributed by atoms with E-state index in [2.05, 4.69) is 20.9 Å². The van der Waals surface area contributed by atoms with Gasteiger partial charge in [-0.15, -0.1) is 0 Å². The average molecular weight is 456 g/mol. The van der Waals surface area contributed by atoms with Gasteiger partial charge in [0, 0.05) is 42.4 Å². The normalized spacial score (nSPS) is 18.7. The minimum atomic E-state index is -3.43. The van der Waals surface area contributed by atoms with E-state index in [1.165, 1.54) is 0 Å². The van der Waals surface area contributed by atoms with E-state index in [-0.39, 0.29) is 23.6 Å². The Kier molecular flexibility index (Phi) is 6.05. The Hall–Kier alpha value is -2.78. The van der Waals surface area contributed by atoms with Crippen LogP contribution in [0.25, 0.3) is 11.3 Å². The summed E-state index contributed by atoms with van der Waals surface area (Å²) in [7, 11) is -1.56. The van der Waals surface area contributed by atoms with Crippen LogP contribution < -0.4 is 10.3 Å². The molecule has 0 amide bonds. The van der Waals surface area contributed by atoms with E-state index in [0.717, 1.165) is 28.8 Å². The van der Waals surface area contributed by atoms with Crippen molar-refractivity contribution in [3.8, 4) is 11.3 Å². The fourth-order valence-corrected chi connectivity index (χ4v) is 5.32. The van der Waals surface area contributed by atoms with Gasteiger partial charge in [0.15, 0.2) is 0 Å². The van der Waals surface area contributed by atoms with E-state index < -0.39 is 10.0 Å². The average Bonchev–Trinajstić information content (AvgIpc) is 3.15. The molecule has 1 aliphatic carbocycles. The summed E-state index contributed by atoms with van der Waals surface area (Å²) in [6.07, 6.45) is 6.36. The Morgan fingerprint density at radius 3 is 2.69 bits per heavy atom. The fraction of sp³-hybridized carbons (Fsp3) is 0.435. The van der Waals surface area contributed by atoms with E-state index in [1.54, 1.807) is 15.6 Å². The molecule has 1 aliphatic rings. The van der Waals surface area contributed by atoms with Gasteiger partial charge in [0.05, 0.1) is 24.0 Å². The Bertz CT molecular complexity index is 1290. The lowest BCUT2D eigenvalue weighted by atomic mass is 9.78. The molecule has 2 heterocycles. The van der Waals surface area contributed by atoms with Gasteiger partial charge in [-0.05, 0) is 50.8 Å². The van der Waals surface area contributed by atoms with Crippen molar-refractivity contribution in [1.29, 1.82) is 0 Å². The van der Waals surface area contributed by atoms with E-state index in [1.807, 2.05) is 51.4 Å². The predicted molar refractivity (Wildman–Crippen MR) is 124 cm³/mol. The summed E-state index contributed by atoms with van der Waals surface area (Å²) < 4.78 is 30.3. The first-order valence-electron chi connectivity index (χ1n) is 10.8. The molecule has 0 bridgehead atoms. The molecule has 2 atom stereocenters. The van der Waals surface area contributed by atoms with Crippen molar-refractivity contribution in [3.05, 3.63) is 70.0 Å². The number of nitrogens with one attached hydrogen (secondary N) is 1. The Morgan fingerprint density at radius 1 is 1.25 bits per heavy atom. The number of aromatic nitrogens is 4. The summed E-state index contributed by atoms with van der Waals surface area (Å²) in [5.41, 5.74) is 4.17. The van der Waals surface area contributed by atoms with Crippen molar-refractivity contribution in [2.45, 2.75) is 51.1 Å². The maximum absolute atomic E-state index is 13.4. The quantitative estimate of drug-likeness (QED) is 0.615. The minimum Gasteiger partial charge on any atom is -0.296 e. The third-order valence-corrected chi connectivity index (χ3v) is 6.71. The number of nitrogens with zero attached hydrogens (tertiary/aromatic N) is 4. The first-order chi connectivity index (χ1) is 15.1. The van der Waals surface area contributed by atoms with E-state index in [4.69, 9.17) is 0 Å². The first-order valence-corrected chi connectivity index (χ1v) is 12.7. The van der Waals surface area contributed by atoms with Crippen molar-refractivity contribution in [3.63, 3.8) is 0 Å². The second-order valence-electron chi connectivity index (χ2n) is 8.83. The monoisotopic (exact) mass is 455 g/mol. The molecule has 0 saturated carbocycles. The molecule has 32 heavy (non-hydrogen) atoms. The number of hydrogen-bond acceptors (Lipinski definition) is 5. The van der Waals surface area contributed by atoms with Crippen molar-refractivity contribution in [2.75, 3.05) is 6.26 Å². The standard InChI is InChI=1S/C23H29N5O3S/c1-15(2)28-14-24-21-9-8-20(26-32(4,30)31)18(22(21)23(28)29)13-16-6-5-7-17(12-16)19-10-11-27(3)25-19/h5-7,10-12,14-15,18,20,26H,8-9,13H2,1-4H3/t18-,20-/m0/s1. The van der Waals surface area contributed by atoms with Crippen LogP contribution in [-0.2, 0) is 29.9 Å². The zero-order valence-electron chi connectivity index (χ0n) is 18.8. The van der Waals surface area contributed by atoms with Crippen molar-refractivity contribution < 1.29 is 8.42 Å².